The Morgan fingerprint density at radius 2 is 1.56 bits per heavy atom. The molecule has 2 nitrogen and oxygen atoms in total. The van der Waals surface area contributed by atoms with E-state index in [1.165, 1.54) is 5.56 Å². The van der Waals surface area contributed by atoms with Gasteiger partial charge in [0, 0.05) is 6.54 Å². The highest BCUT2D eigenvalue weighted by molar-refractivity contribution is 6.44. The summed E-state index contributed by atoms with van der Waals surface area (Å²) >= 11 is 0. The van der Waals surface area contributed by atoms with E-state index in [0.29, 0.717) is 0 Å². The second-order valence-electron chi connectivity index (χ2n) is 6.76. The molecule has 6 heteroatoms. The Labute approximate surface area is 114 Å². The van der Waals surface area contributed by atoms with Gasteiger partial charge in [-0.1, -0.05) is 30.3 Å². The number of likely N-dealkylation sites (tertiary alicyclic amines) is 1. The molecule has 0 radical (unpaired) electrons. The summed E-state index contributed by atoms with van der Waals surface area (Å²) < 4.78 is 0. The lowest BCUT2D eigenvalue weighted by Crippen LogP contribution is -2.67. The van der Waals surface area contributed by atoms with Gasteiger partial charge >= 0.3 is 0 Å². The van der Waals surface area contributed by atoms with Crippen LogP contribution in [0, 0.1) is 0 Å². The first-order valence-electron chi connectivity index (χ1n) is 6.81. The van der Waals surface area contributed by atoms with Gasteiger partial charge in [-0.2, -0.15) is 0 Å². The second kappa shape index (κ2) is 4.82. The van der Waals surface area contributed by atoms with Crippen molar-refractivity contribution in [2.24, 2.45) is 0 Å². The van der Waals surface area contributed by atoms with Crippen LogP contribution < -0.4 is 0 Å². The number of piperidine rings is 1. The molecule has 0 unspecified atom stereocenters. The van der Waals surface area contributed by atoms with Crippen LogP contribution in [-0.2, 0) is 6.54 Å². The molecule has 2 rings (SSSR count). The molecule has 0 spiro atoms. The Hall–Kier alpha value is -0.600. The van der Waals surface area contributed by atoms with Crippen molar-refractivity contribution in [2.75, 3.05) is 0 Å². The van der Waals surface area contributed by atoms with E-state index in [9.17, 15) is 5.11 Å². The van der Waals surface area contributed by atoms with Crippen molar-refractivity contribution >= 4 is 31.4 Å². The SMILES string of the molecule is BC1(B)CC(O)CC(B)(B)N1Cc1ccccc1. The van der Waals surface area contributed by atoms with Crippen molar-refractivity contribution in [2.45, 2.75) is 36.2 Å². The molecule has 92 valence electrons. The Morgan fingerprint density at radius 3 is 2.06 bits per heavy atom. The highest BCUT2D eigenvalue weighted by Gasteiger charge is 2.43. The summed E-state index contributed by atoms with van der Waals surface area (Å²) in [5.74, 6) is 0. The Bertz CT molecular complexity index is 392. The number of hydrogen-bond donors (Lipinski definition) is 1. The lowest BCUT2D eigenvalue weighted by Gasteiger charge is -2.55. The summed E-state index contributed by atoms with van der Waals surface area (Å²) in [6.07, 6.45) is 1.52. The Balaban J connectivity index is 2.23. The molecule has 1 fully saturated rings. The van der Waals surface area contributed by atoms with Gasteiger partial charge in [0.05, 0.1) is 6.10 Å². The number of benzene rings is 1. The second-order valence-corrected chi connectivity index (χ2v) is 6.76. The van der Waals surface area contributed by atoms with Crippen molar-refractivity contribution in [3.63, 3.8) is 0 Å². The summed E-state index contributed by atoms with van der Waals surface area (Å²) in [7, 11) is 8.94. The molecule has 1 saturated heterocycles. The first-order chi connectivity index (χ1) is 8.31. The van der Waals surface area contributed by atoms with Gasteiger partial charge in [0.15, 0.2) is 0 Å². The monoisotopic (exact) mass is 239 g/mol. The maximum atomic E-state index is 10.0. The van der Waals surface area contributed by atoms with E-state index in [1.807, 2.05) is 0 Å². The third-order valence-electron chi connectivity index (χ3n) is 4.12. The highest BCUT2D eigenvalue weighted by atomic mass is 16.3. The molecule has 0 bridgehead atoms. The molecule has 0 saturated carbocycles. The number of nitrogens with zero attached hydrogens (tertiary/aromatic N) is 1. The van der Waals surface area contributed by atoms with Crippen LogP contribution in [0.4, 0.5) is 0 Å². The van der Waals surface area contributed by atoms with E-state index in [0.717, 1.165) is 19.4 Å². The van der Waals surface area contributed by atoms with E-state index in [-0.39, 0.29) is 16.8 Å². The predicted octanol–water partition coefficient (Wildman–Crippen LogP) is -2.52. The van der Waals surface area contributed by atoms with Crippen molar-refractivity contribution in [1.29, 1.82) is 0 Å². The highest BCUT2D eigenvalue weighted by Crippen LogP contribution is 2.33. The van der Waals surface area contributed by atoms with Crippen molar-refractivity contribution < 1.29 is 5.11 Å². The van der Waals surface area contributed by atoms with E-state index in [4.69, 9.17) is 0 Å². The topological polar surface area (TPSA) is 23.5 Å². The largest absolute Gasteiger partial charge is 0.393 e. The minimum Gasteiger partial charge on any atom is -0.393 e. The molecule has 0 atom stereocenters. The van der Waals surface area contributed by atoms with Crippen LogP contribution in [-0.4, -0.2) is 58.2 Å². The van der Waals surface area contributed by atoms with E-state index < -0.39 is 0 Å². The van der Waals surface area contributed by atoms with Crippen LogP contribution in [0.2, 0.25) is 0 Å². The van der Waals surface area contributed by atoms with Gasteiger partial charge in [0.25, 0.3) is 0 Å². The molecule has 0 aliphatic carbocycles. The lowest BCUT2D eigenvalue weighted by atomic mass is 9.46. The number of aliphatic hydroxyl groups excluding tert-OH is 1. The molecule has 1 aromatic carbocycles. The van der Waals surface area contributed by atoms with Crippen LogP contribution in [0.15, 0.2) is 30.3 Å². The normalized spacial score (nSPS) is 23.8. The van der Waals surface area contributed by atoms with Crippen molar-refractivity contribution in [3.05, 3.63) is 35.9 Å². The van der Waals surface area contributed by atoms with Gasteiger partial charge in [-0.15, -0.1) is 0 Å². The van der Waals surface area contributed by atoms with Crippen LogP contribution in [0.1, 0.15) is 18.4 Å². The summed E-state index contributed by atoms with van der Waals surface area (Å²) in [6.45, 7) is 0.952. The fraction of sp³-hybridized carbons (Fsp3) is 0.500. The van der Waals surface area contributed by atoms with E-state index >= 15 is 0 Å². The Kier molecular flexibility index (Phi) is 3.70. The average Bonchev–Trinajstić information content (AvgIpc) is 2.23. The lowest BCUT2D eigenvalue weighted by molar-refractivity contribution is 0.0193. The van der Waals surface area contributed by atoms with Gasteiger partial charge in [0.2, 0.25) is 0 Å². The summed E-state index contributed by atoms with van der Waals surface area (Å²) in [5, 5.41) is 10.1. The molecule has 1 N–H and O–H groups in total. The first kappa shape index (κ1) is 13.8. The third-order valence-corrected chi connectivity index (χ3v) is 4.12. The fourth-order valence-corrected chi connectivity index (χ4v) is 3.46. The molecule has 0 aromatic heterocycles. The molecule has 18 heavy (non-hydrogen) atoms. The van der Waals surface area contributed by atoms with Crippen LogP contribution >= 0.6 is 0 Å². The van der Waals surface area contributed by atoms with E-state index in [2.05, 4.69) is 66.6 Å². The van der Waals surface area contributed by atoms with Crippen LogP contribution in [0.25, 0.3) is 0 Å². The number of aliphatic hydroxyl groups is 1. The molecular weight excluding hydrogens is 217 g/mol. The van der Waals surface area contributed by atoms with Gasteiger partial charge in [-0.05, 0) is 29.1 Å². The fourth-order valence-electron chi connectivity index (χ4n) is 3.46. The maximum absolute atomic E-state index is 10.0. The van der Waals surface area contributed by atoms with Crippen LogP contribution in [0.5, 0.6) is 0 Å². The minimum atomic E-state index is -0.179. The van der Waals surface area contributed by atoms with Crippen molar-refractivity contribution in [3.8, 4) is 0 Å². The number of rotatable bonds is 2. The third kappa shape index (κ3) is 2.86. The Morgan fingerprint density at radius 1 is 1.06 bits per heavy atom. The standard InChI is InChI=1S/C12H21B4NO/c13-11(14)6-10(18)7-12(15,16)17(11)8-9-4-2-1-3-5-9/h1-5,10,18H,6-8,13-16H2. The molecule has 1 aliphatic heterocycles. The smallest absolute Gasteiger partial charge is 0.117 e. The summed E-state index contributed by atoms with van der Waals surface area (Å²) in [5.41, 5.74) is 1.34. The molecule has 1 aliphatic rings. The van der Waals surface area contributed by atoms with Gasteiger partial charge in [0.1, 0.15) is 31.4 Å². The quantitative estimate of drug-likeness (QED) is 0.575. The number of hydrogen-bond acceptors (Lipinski definition) is 2. The first-order valence-corrected chi connectivity index (χ1v) is 6.81. The van der Waals surface area contributed by atoms with Gasteiger partial charge in [-0.25, -0.2) is 0 Å². The molecular formula is C12H21B4NO. The van der Waals surface area contributed by atoms with Gasteiger partial charge < -0.3 is 10.0 Å². The van der Waals surface area contributed by atoms with Crippen molar-refractivity contribution in [1.82, 2.24) is 4.90 Å². The summed E-state index contributed by atoms with van der Waals surface area (Å²) in [6, 6.07) is 10.6. The molecule has 1 heterocycles. The molecule has 0 amide bonds. The van der Waals surface area contributed by atoms with Gasteiger partial charge in [-0.3, -0.25) is 0 Å². The maximum Gasteiger partial charge on any atom is 0.117 e. The molecule has 1 aromatic rings. The van der Waals surface area contributed by atoms with Crippen LogP contribution in [0.3, 0.4) is 0 Å². The predicted molar refractivity (Wildman–Crippen MR) is 86.9 cm³/mol. The minimum absolute atomic E-state index is 0.0387. The van der Waals surface area contributed by atoms with E-state index in [1.54, 1.807) is 0 Å². The summed E-state index contributed by atoms with van der Waals surface area (Å²) in [4.78, 5) is 2.53. The average molecular weight is 239 g/mol. The zero-order valence-corrected chi connectivity index (χ0v) is 12.0. The zero-order valence-electron chi connectivity index (χ0n) is 12.0. The zero-order chi connectivity index (χ0) is 13.4.